The molecule has 4 rings (SSSR count). The highest BCUT2D eigenvalue weighted by molar-refractivity contribution is 9.10. The Morgan fingerprint density at radius 3 is 2.52 bits per heavy atom. The molecule has 2 aliphatic rings. The number of carbonyl (C=O) groups is 1. The molecule has 3 heterocycles. The molecule has 0 bridgehead atoms. The van der Waals surface area contributed by atoms with E-state index in [1.807, 2.05) is 32.9 Å². The first-order chi connectivity index (χ1) is 13.3. The number of hydrogen-bond donors (Lipinski definition) is 1. The van der Waals surface area contributed by atoms with Crippen LogP contribution in [0.4, 0.5) is 9.93 Å². The van der Waals surface area contributed by atoms with Gasteiger partial charge >= 0.3 is 6.09 Å². The molecule has 1 aromatic carbocycles. The van der Waals surface area contributed by atoms with Crippen LogP contribution in [-0.2, 0) is 15.8 Å². The van der Waals surface area contributed by atoms with Gasteiger partial charge < -0.3 is 15.2 Å². The fraction of sp³-hybridized carbons (Fsp3) is 0.524. The van der Waals surface area contributed by atoms with E-state index in [0.29, 0.717) is 18.2 Å². The summed E-state index contributed by atoms with van der Waals surface area (Å²) in [4.78, 5) is 19.8. The molecule has 1 spiro atoms. The largest absolute Gasteiger partial charge is 0.477 e. The van der Waals surface area contributed by atoms with Crippen molar-refractivity contribution in [2.75, 3.05) is 18.8 Å². The minimum absolute atomic E-state index is 0.140. The SMILES string of the molecule is CC(C)(C)OC(=O)N1CC2(C1)Oc1c(ccc(Br)c1C(C)(C)C)-c1nc(N)sc12. The molecule has 0 atom stereocenters. The molecule has 1 aromatic heterocycles. The van der Waals surface area contributed by atoms with Crippen molar-refractivity contribution in [3.63, 3.8) is 0 Å². The minimum atomic E-state index is -0.644. The molecular weight excluding hydrogens is 454 g/mol. The van der Waals surface area contributed by atoms with E-state index in [0.717, 1.165) is 31.9 Å². The second-order valence-electron chi connectivity index (χ2n) is 9.71. The van der Waals surface area contributed by atoms with Crippen LogP contribution < -0.4 is 10.5 Å². The molecule has 0 unspecified atom stereocenters. The molecule has 2 aliphatic heterocycles. The Morgan fingerprint density at radius 1 is 1.28 bits per heavy atom. The van der Waals surface area contributed by atoms with E-state index < -0.39 is 11.2 Å². The number of rotatable bonds is 0. The number of ether oxygens (including phenoxy) is 2. The minimum Gasteiger partial charge on any atom is -0.477 e. The third-order valence-electron chi connectivity index (χ3n) is 5.01. The number of fused-ring (bicyclic) bond motifs is 4. The van der Waals surface area contributed by atoms with Crippen molar-refractivity contribution in [1.82, 2.24) is 9.88 Å². The van der Waals surface area contributed by atoms with Crippen molar-refractivity contribution in [1.29, 1.82) is 0 Å². The van der Waals surface area contributed by atoms with Gasteiger partial charge in [-0.15, -0.1) is 0 Å². The summed E-state index contributed by atoms with van der Waals surface area (Å²) in [7, 11) is 0. The standard InChI is InChI=1S/C21H26BrN3O3S/c1-19(2,3)13-12(22)8-7-11-14-16(29-17(23)24-14)21(27-15(11)13)9-25(10-21)18(26)28-20(4,5)6/h7-8H,9-10H2,1-6H3,(H2,23,24). The van der Waals surface area contributed by atoms with Crippen LogP contribution in [-0.4, -0.2) is 34.7 Å². The summed E-state index contributed by atoms with van der Waals surface area (Å²) in [5, 5.41) is 0.502. The number of nitrogens with two attached hydrogens (primary N) is 1. The first-order valence-electron chi connectivity index (χ1n) is 9.58. The fourth-order valence-corrected chi connectivity index (χ4v) is 5.72. The lowest BCUT2D eigenvalue weighted by Crippen LogP contribution is -2.65. The van der Waals surface area contributed by atoms with Gasteiger partial charge in [0.25, 0.3) is 0 Å². The lowest BCUT2D eigenvalue weighted by atomic mass is 9.81. The summed E-state index contributed by atoms with van der Waals surface area (Å²) >= 11 is 5.13. The van der Waals surface area contributed by atoms with Crippen molar-refractivity contribution in [3.8, 4) is 17.0 Å². The topological polar surface area (TPSA) is 77.7 Å². The summed E-state index contributed by atoms with van der Waals surface area (Å²) in [6.45, 7) is 12.9. The summed E-state index contributed by atoms with van der Waals surface area (Å²) in [6.07, 6.45) is -0.332. The maximum atomic E-state index is 12.5. The van der Waals surface area contributed by atoms with Gasteiger partial charge in [0.1, 0.15) is 11.4 Å². The molecule has 29 heavy (non-hydrogen) atoms. The van der Waals surface area contributed by atoms with Crippen LogP contribution >= 0.6 is 27.3 Å². The van der Waals surface area contributed by atoms with E-state index in [2.05, 4.69) is 41.7 Å². The maximum Gasteiger partial charge on any atom is 0.410 e. The monoisotopic (exact) mass is 479 g/mol. The van der Waals surface area contributed by atoms with Crippen molar-refractivity contribution in [2.45, 2.75) is 58.2 Å². The van der Waals surface area contributed by atoms with Gasteiger partial charge in [0.15, 0.2) is 10.7 Å². The van der Waals surface area contributed by atoms with Crippen molar-refractivity contribution in [2.24, 2.45) is 0 Å². The zero-order valence-corrected chi connectivity index (χ0v) is 20.0. The van der Waals surface area contributed by atoms with E-state index in [-0.39, 0.29) is 11.5 Å². The smallest absolute Gasteiger partial charge is 0.410 e. The number of likely N-dealkylation sites (tertiary alicyclic amines) is 1. The van der Waals surface area contributed by atoms with Gasteiger partial charge in [0.05, 0.1) is 23.7 Å². The van der Waals surface area contributed by atoms with Gasteiger partial charge in [-0.25, -0.2) is 9.78 Å². The van der Waals surface area contributed by atoms with E-state index >= 15 is 0 Å². The Bertz CT molecular complexity index is 998. The number of amides is 1. The third kappa shape index (κ3) is 3.40. The molecule has 1 amide bonds. The Balaban J connectivity index is 1.76. The Hall–Kier alpha value is -1.80. The highest BCUT2D eigenvalue weighted by atomic mass is 79.9. The van der Waals surface area contributed by atoms with Gasteiger partial charge in [-0.3, -0.25) is 4.90 Å². The van der Waals surface area contributed by atoms with Gasteiger partial charge in [-0.1, -0.05) is 48.0 Å². The summed E-state index contributed by atoms with van der Waals surface area (Å²) in [5.41, 5.74) is 7.65. The Kier molecular flexibility index (Phi) is 4.48. The highest BCUT2D eigenvalue weighted by Gasteiger charge is 2.55. The molecule has 6 nitrogen and oxygen atoms in total. The van der Waals surface area contributed by atoms with Gasteiger partial charge in [0, 0.05) is 15.6 Å². The highest BCUT2D eigenvalue weighted by Crippen LogP contribution is 2.55. The van der Waals surface area contributed by atoms with Crippen LogP contribution in [0.25, 0.3) is 11.3 Å². The molecule has 0 aliphatic carbocycles. The molecule has 8 heteroatoms. The summed E-state index contributed by atoms with van der Waals surface area (Å²) in [6, 6.07) is 4.05. The van der Waals surface area contributed by atoms with Crippen LogP contribution in [0.15, 0.2) is 16.6 Å². The third-order valence-corrected chi connectivity index (χ3v) is 6.74. The summed E-state index contributed by atoms with van der Waals surface area (Å²) < 4.78 is 13.2. The van der Waals surface area contributed by atoms with E-state index in [1.54, 1.807) is 4.90 Å². The van der Waals surface area contributed by atoms with Crippen LogP contribution in [0, 0.1) is 0 Å². The van der Waals surface area contributed by atoms with Crippen molar-refractivity contribution < 1.29 is 14.3 Å². The molecule has 1 saturated heterocycles. The van der Waals surface area contributed by atoms with E-state index in [9.17, 15) is 4.79 Å². The maximum absolute atomic E-state index is 12.5. The molecule has 2 aromatic rings. The second kappa shape index (κ2) is 6.35. The van der Waals surface area contributed by atoms with Crippen LogP contribution in [0.5, 0.6) is 5.75 Å². The van der Waals surface area contributed by atoms with Gasteiger partial charge in [-0.05, 0) is 38.3 Å². The quantitative estimate of drug-likeness (QED) is 0.555. The predicted molar refractivity (Wildman–Crippen MR) is 118 cm³/mol. The number of carbonyl (C=O) groups excluding carboxylic acids is 1. The lowest BCUT2D eigenvalue weighted by molar-refractivity contribution is -0.0862. The van der Waals surface area contributed by atoms with Crippen molar-refractivity contribution >= 4 is 38.5 Å². The molecule has 1 fully saturated rings. The molecular formula is C21H26BrN3O3S. The van der Waals surface area contributed by atoms with Gasteiger partial charge in [0.2, 0.25) is 0 Å². The number of nitrogen functional groups attached to an aromatic ring is 1. The fourth-order valence-electron chi connectivity index (χ4n) is 3.85. The predicted octanol–water partition coefficient (Wildman–Crippen LogP) is 5.29. The molecule has 156 valence electrons. The number of hydrogen-bond acceptors (Lipinski definition) is 6. The first kappa shape index (κ1) is 20.5. The number of halogens is 1. The van der Waals surface area contributed by atoms with Crippen LogP contribution in [0.1, 0.15) is 52.0 Å². The normalized spacial score (nSPS) is 17.3. The molecule has 0 radical (unpaired) electrons. The van der Waals surface area contributed by atoms with E-state index in [4.69, 9.17) is 15.2 Å². The first-order valence-corrected chi connectivity index (χ1v) is 11.2. The number of anilines is 1. The van der Waals surface area contributed by atoms with Crippen molar-refractivity contribution in [3.05, 3.63) is 27.0 Å². The average Bonchev–Trinajstić information content (AvgIpc) is 2.90. The Labute approximate surface area is 183 Å². The zero-order valence-electron chi connectivity index (χ0n) is 17.6. The lowest BCUT2D eigenvalue weighted by Gasteiger charge is -2.51. The van der Waals surface area contributed by atoms with E-state index in [1.165, 1.54) is 11.3 Å². The number of benzene rings is 1. The Morgan fingerprint density at radius 2 is 1.93 bits per heavy atom. The molecule has 2 N–H and O–H groups in total. The van der Waals surface area contributed by atoms with Crippen LogP contribution in [0.2, 0.25) is 0 Å². The summed E-state index contributed by atoms with van der Waals surface area (Å²) in [5.74, 6) is 0.813. The average molecular weight is 480 g/mol. The number of aromatic nitrogens is 1. The van der Waals surface area contributed by atoms with Gasteiger partial charge in [-0.2, -0.15) is 0 Å². The second-order valence-corrected chi connectivity index (χ2v) is 11.6. The zero-order chi connectivity index (χ0) is 21.4. The number of thiazole rings is 1. The van der Waals surface area contributed by atoms with Crippen LogP contribution in [0.3, 0.4) is 0 Å². The molecule has 0 saturated carbocycles. The number of nitrogens with zero attached hydrogens (tertiary/aromatic N) is 2.